The fourth-order valence-corrected chi connectivity index (χ4v) is 31.4. The summed E-state index contributed by atoms with van der Waals surface area (Å²) < 4.78 is 1.23. The van der Waals surface area contributed by atoms with Crippen molar-refractivity contribution in [3.8, 4) is 0 Å². The minimum Gasteiger partial charge on any atom is -1.00 e. The number of fused-ring (bicyclic) bond motifs is 2. The number of rotatable bonds is 5. The monoisotopic (exact) mass is 569 g/mol. The van der Waals surface area contributed by atoms with Gasteiger partial charge in [-0.25, -0.2) is 0 Å². The van der Waals surface area contributed by atoms with Crippen LogP contribution in [-0.2, 0) is 20.9 Å². The molecule has 2 aliphatic carbocycles. The second-order valence-electron chi connectivity index (χ2n) is 8.69. The molecular weight excluding hydrogens is 543 g/mol. The zero-order chi connectivity index (χ0) is 23.3. The maximum Gasteiger partial charge on any atom is -0.153 e. The number of allylic oxidation sites excluding steroid dienone is 2. The van der Waals surface area contributed by atoms with Gasteiger partial charge in [0.25, 0.3) is 0 Å². The van der Waals surface area contributed by atoms with Gasteiger partial charge in [-0.3, -0.25) is 0 Å². The predicted octanol–water partition coefficient (Wildman–Crippen LogP) is 1.66. The predicted molar refractivity (Wildman–Crippen MR) is 142 cm³/mol. The molecule has 4 heteroatoms. The van der Waals surface area contributed by atoms with Crippen molar-refractivity contribution in [2.45, 2.75) is 7.25 Å². The molecule has 35 heavy (non-hydrogen) atoms. The van der Waals surface area contributed by atoms with Crippen molar-refractivity contribution in [3.05, 3.63) is 144 Å². The standard InChI is InChI=1S/C12H11Si.2C9H7.CH3O.ClH.Zr/c1-3-7-11(8-4-1)13-12-9-5-2-6-10-12;2*1-2-5-9-7-3-6-8(9)4-1;1-2;;/h1-10,13H;2*1-7H;1H3;1H;/q;;;-1;;+2/p-1. The molecule has 173 valence electrons. The topological polar surface area (TPSA) is 23.1 Å². The molecule has 0 spiro atoms. The van der Waals surface area contributed by atoms with Gasteiger partial charge in [0.05, 0.1) is 0 Å². The van der Waals surface area contributed by atoms with E-state index in [-0.39, 0.29) is 12.4 Å². The van der Waals surface area contributed by atoms with Crippen LogP contribution in [0.2, 0.25) is 0 Å². The zero-order valence-corrected chi connectivity index (χ0v) is 24.1. The Labute approximate surface area is 223 Å². The molecule has 2 unspecified atom stereocenters. The van der Waals surface area contributed by atoms with E-state index >= 15 is 0 Å². The second-order valence-corrected chi connectivity index (χ2v) is 24.6. The smallest absolute Gasteiger partial charge is 0.153 e. The summed E-state index contributed by atoms with van der Waals surface area (Å²) in [6.07, 6.45) is 9.93. The number of halogens is 1. The molecule has 0 N–H and O–H groups in total. The van der Waals surface area contributed by atoms with Gasteiger partial charge in [0.1, 0.15) is 0 Å². The maximum absolute atomic E-state index is 8.25. The summed E-state index contributed by atoms with van der Waals surface area (Å²) in [5, 5.41) is 11.5. The van der Waals surface area contributed by atoms with Gasteiger partial charge in [-0.15, -0.1) is 0 Å². The van der Waals surface area contributed by atoms with Gasteiger partial charge in [-0.2, -0.15) is 7.11 Å². The van der Waals surface area contributed by atoms with E-state index in [0.29, 0.717) is 7.25 Å². The van der Waals surface area contributed by atoms with Crippen LogP contribution in [0.5, 0.6) is 0 Å². The molecular formula is C31H28ClOSiZr. The summed E-state index contributed by atoms with van der Waals surface area (Å²) in [6.45, 7) is 0. The third-order valence-corrected chi connectivity index (χ3v) is 29.8. The molecule has 0 bridgehead atoms. The van der Waals surface area contributed by atoms with E-state index in [1.165, 1.54) is 11.1 Å². The van der Waals surface area contributed by atoms with Crippen LogP contribution in [0.25, 0.3) is 12.2 Å². The quantitative estimate of drug-likeness (QED) is 0.335. The van der Waals surface area contributed by atoms with Crippen molar-refractivity contribution in [1.29, 1.82) is 0 Å². The van der Waals surface area contributed by atoms with Crippen LogP contribution in [0.4, 0.5) is 0 Å². The van der Waals surface area contributed by atoms with Gasteiger partial charge in [-0.05, 0) is 0 Å². The van der Waals surface area contributed by atoms with E-state index in [4.69, 9.17) is 5.11 Å². The average molecular weight is 571 g/mol. The largest absolute Gasteiger partial charge is 1.00 e. The van der Waals surface area contributed by atoms with Gasteiger partial charge < -0.3 is 17.5 Å². The first-order valence-electron chi connectivity index (χ1n) is 11.8. The first-order valence-corrected chi connectivity index (χ1v) is 20.6. The number of hydrogen-bond donors (Lipinski definition) is 0. The minimum atomic E-state index is -2.22. The van der Waals surface area contributed by atoms with Gasteiger partial charge in [0.15, 0.2) is 0 Å². The summed E-state index contributed by atoms with van der Waals surface area (Å²) in [7, 11) is 0.750. The normalized spacial score (nSPS) is 16.7. The molecule has 0 saturated carbocycles. The Kier molecular flexibility index (Phi) is 8.92. The van der Waals surface area contributed by atoms with E-state index in [0.717, 1.165) is 7.11 Å². The second kappa shape index (κ2) is 12.1. The van der Waals surface area contributed by atoms with Crippen LogP contribution < -0.4 is 27.9 Å². The Balaban J connectivity index is 0.000000940. The van der Waals surface area contributed by atoms with Gasteiger partial charge >= 0.3 is 200 Å². The molecule has 1 nitrogen and oxygen atoms in total. The fourth-order valence-electron chi connectivity index (χ4n) is 5.50. The van der Waals surface area contributed by atoms with Crippen LogP contribution in [0.15, 0.2) is 121 Å². The van der Waals surface area contributed by atoms with Crippen molar-refractivity contribution < 1.29 is 38.4 Å². The van der Waals surface area contributed by atoms with Crippen LogP contribution in [0.3, 0.4) is 0 Å². The molecule has 0 heterocycles. The molecule has 0 aliphatic heterocycles. The summed E-state index contributed by atoms with van der Waals surface area (Å²) in [6, 6.07) is 41.2. The van der Waals surface area contributed by atoms with Crippen molar-refractivity contribution in [2.24, 2.45) is 0 Å². The molecule has 0 fully saturated rings. The van der Waals surface area contributed by atoms with Crippen LogP contribution in [0.1, 0.15) is 29.5 Å². The Morgan fingerprint density at radius 1 is 0.543 bits per heavy atom. The number of benzene rings is 4. The minimum absolute atomic E-state index is 0. The van der Waals surface area contributed by atoms with E-state index in [2.05, 4.69) is 133 Å². The molecule has 6 rings (SSSR count). The van der Waals surface area contributed by atoms with E-state index < -0.39 is 26.8 Å². The van der Waals surface area contributed by atoms with Crippen molar-refractivity contribution in [2.75, 3.05) is 7.11 Å². The van der Waals surface area contributed by atoms with E-state index in [1.807, 2.05) is 0 Å². The Morgan fingerprint density at radius 3 is 1.34 bits per heavy atom. The average Bonchev–Trinajstić information content (AvgIpc) is 3.54. The summed E-state index contributed by atoms with van der Waals surface area (Å²) in [5.41, 5.74) is 6.01. The summed E-state index contributed by atoms with van der Waals surface area (Å²) in [4.78, 5) is 0. The molecule has 0 radical (unpaired) electrons. The van der Waals surface area contributed by atoms with Crippen molar-refractivity contribution >= 4 is 28.4 Å². The van der Waals surface area contributed by atoms with Gasteiger partial charge in [-0.1, -0.05) is 0 Å². The Morgan fingerprint density at radius 2 is 0.914 bits per heavy atom. The maximum atomic E-state index is 8.25. The molecule has 4 aromatic carbocycles. The van der Waals surface area contributed by atoms with Gasteiger partial charge in [0, 0.05) is 0 Å². The van der Waals surface area contributed by atoms with Crippen LogP contribution >= 0.6 is 0 Å². The number of hydrogen-bond acceptors (Lipinski definition) is 1. The third kappa shape index (κ3) is 5.15. The molecule has 2 aliphatic rings. The first-order chi connectivity index (χ1) is 16.9. The SMILES string of the molecule is C1=C[CH]([Zr+2]([CH]2C=Cc3ccccc32)[SiH](c2ccccc2)c2ccccc2)c2ccccc21.C[O-].[Cl-]. The van der Waals surface area contributed by atoms with Crippen LogP contribution in [0, 0.1) is 0 Å². The third-order valence-electron chi connectivity index (χ3n) is 6.92. The summed E-state index contributed by atoms with van der Waals surface area (Å²) >= 11 is -2.22. The Hall–Kier alpha value is -2.29. The first kappa shape index (κ1) is 25.8. The molecule has 0 amide bonds. The molecule has 0 aromatic heterocycles. The van der Waals surface area contributed by atoms with E-state index in [1.54, 1.807) is 21.5 Å². The fraction of sp³-hybridized carbons (Fsp3) is 0.0968. The van der Waals surface area contributed by atoms with Gasteiger partial charge in [0.2, 0.25) is 0 Å². The van der Waals surface area contributed by atoms with Crippen molar-refractivity contribution in [1.82, 2.24) is 0 Å². The van der Waals surface area contributed by atoms with E-state index in [9.17, 15) is 0 Å². The van der Waals surface area contributed by atoms with Crippen LogP contribution in [-0.4, -0.2) is 13.0 Å². The Bertz CT molecular complexity index is 1200. The van der Waals surface area contributed by atoms with Crippen molar-refractivity contribution in [3.63, 3.8) is 0 Å². The zero-order valence-electron chi connectivity index (χ0n) is 19.7. The molecule has 2 atom stereocenters. The molecule has 0 saturated heterocycles. The summed E-state index contributed by atoms with van der Waals surface area (Å²) in [5.74, 6) is -1.40. The molecule has 4 aromatic rings.